The molecule has 0 amide bonds. The van der Waals surface area contributed by atoms with Gasteiger partial charge >= 0.3 is 0 Å². The number of hydrogen-bond donors (Lipinski definition) is 0. The summed E-state index contributed by atoms with van der Waals surface area (Å²) in [5.74, 6) is 0. The molecule has 0 spiro atoms. The van der Waals surface area contributed by atoms with Gasteiger partial charge in [-0.25, -0.2) is 0 Å². The predicted octanol–water partition coefficient (Wildman–Crippen LogP) is 12.4. The van der Waals surface area contributed by atoms with Gasteiger partial charge in [0, 0.05) is 42.3 Å². The molecule has 9 aromatic rings. The zero-order valence-electron chi connectivity index (χ0n) is 22.3. The van der Waals surface area contributed by atoms with E-state index in [2.05, 4.69) is 114 Å². The van der Waals surface area contributed by atoms with E-state index in [-0.39, 0.29) is 0 Å². The van der Waals surface area contributed by atoms with E-state index in [1.165, 1.54) is 36.3 Å². The van der Waals surface area contributed by atoms with Gasteiger partial charge in [0.05, 0.1) is 16.1 Å². The number of furan rings is 1. The van der Waals surface area contributed by atoms with Gasteiger partial charge in [0.2, 0.25) is 0 Å². The minimum Gasteiger partial charge on any atom is -0.456 e. The number of thiophene rings is 1. The van der Waals surface area contributed by atoms with E-state index in [0.717, 1.165) is 49.4 Å². The highest BCUT2D eigenvalue weighted by atomic mass is 35.5. The van der Waals surface area contributed by atoms with Crippen LogP contribution in [0.5, 0.6) is 0 Å². The summed E-state index contributed by atoms with van der Waals surface area (Å²) in [6.45, 7) is 0. The molecule has 0 atom stereocenters. The van der Waals surface area contributed by atoms with E-state index in [1.807, 2.05) is 24.3 Å². The number of benzene rings is 7. The molecule has 0 aliphatic carbocycles. The summed E-state index contributed by atoms with van der Waals surface area (Å²) in [4.78, 5) is 2.42. The summed E-state index contributed by atoms with van der Waals surface area (Å²) in [7, 11) is 0. The SMILES string of the molecule is Clc1cccc2sc3c(N(c4ccc5oc6ccccc6c5c4)c4cc5ccccc5c5ccccc45)cccc3c12. The lowest BCUT2D eigenvalue weighted by molar-refractivity contribution is 0.669. The van der Waals surface area contributed by atoms with E-state index >= 15 is 0 Å². The molecule has 0 radical (unpaired) electrons. The Hall–Kier alpha value is -4.83. The minimum absolute atomic E-state index is 0.782. The highest BCUT2D eigenvalue weighted by Crippen LogP contribution is 2.49. The van der Waals surface area contributed by atoms with Gasteiger partial charge in [0.25, 0.3) is 0 Å². The lowest BCUT2D eigenvalue weighted by Crippen LogP contribution is -2.10. The standard InChI is InChI=1S/C38H22ClNOS/c39-31-15-8-18-36-37(31)29-14-7-16-32(38(29)42-36)40(24-19-20-35-30(22-24)28-13-5-6-17-34(28)41-35)33-21-23-9-1-2-10-25(23)26-11-3-4-12-27(26)33/h1-22H. The van der Waals surface area contributed by atoms with Crippen molar-refractivity contribution in [3.05, 3.63) is 138 Å². The Balaban J connectivity index is 1.42. The summed E-state index contributed by atoms with van der Waals surface area (Å²) in [5.41, 5.74) is 5.11. The number of halogens is 1. The van der Waals surface area contributed by atoms with Crippen LogP contribution >= 0.6 is 22.9 Å². The van der Waals surface area contributed by atoms with Crippen LogP contribution in [0.25, 0.3) is 63.7 Å². The molecule has 7 aromatic carbocycles. The van der Waals surface area contributed by atoms with E-state index in [4.69, 9.17) is 16.0 Å². The first-order valence-electron chi connectivity index (χ1n) is 14.0. The molecule has 0 aliphatic rings. The van der Waals surface area contributed by atoms with Gasteiger partial charge in [0.15, 0.2) is 0 Å². The van der Waals surface area contributed by atoms with Crippen molar-refractivity contribution in [2.75, 3.05) is 4.90 Å². The second-order valence-corrected chi connectivity index (χ2v) is 12.1. The van der Waals surface area contributed by atoms with E-state index in [9.17, 15) is 0 Å². The van der Waals surface area contributed by atoms with Gasteiger partial charge in [-0.05, 0) is 64.7 Å². The number of fused-ring (bicyclic) bond motifs is 9. The van der Waals surface area contributed by atoms with Gasteiger partial charge in [0.1, 0.15) is 11.2 Å². The zero-order valence-corrected chi connectivity index (χ0v) is 23.9. The van der Waals surface area contributed by atoms with E-state index < -0.39 is 0 Å². The second kappa shape index (κ2) is 9.09. The topological polar surface area (TPSA) is 16.4 Å². The van der Waals surface area contributed by atoms with Gasteiger partial charge in [-0.15, -0.1) is 11.3 Å². The molecule has 198 valence electrons. The molecule has 0 saturated carbocycles. The highest BCUT2D eigenvalue weighted by molar-refractivity contribution is 7.26. The highest BCUT2D eigenvalue weighted by Gasteiger charge is 2.22. The monoisotopic (exact) mass is 575 g/mol. The Labute approximate surface area is 250 Å². The van der Waals surface area contributed by atoms with Gasteiger partial charge in [-0.2, -0.15) is 0 Å². The van der Waals surface area contributed by atoms with Crippen LogP contribution < -0.4 is 4.90 Å². The van der Waals surface area contributed by atoms with Crippen molar-refractivity contribution in [3.63, 3.8) is 0 Å². The fourth-order valence-corrected chi connectivity index (χ4v) is 8.01. The first kappa shape index (κ1) is 23.8. The second-order valence-electron chi connectivity index (χ2n) is 10.6. The van der Waals surface area contributed by atoms with Crippen molar-refractivity contribution in [1.82, 2.24) is 0 Å². The summed E-state index contributed by atoms with van der Waals surface area (Å²) in [6, 6.07) is 47.2. The summed E-state index contributed by atoms with van der Waals surface area (Å²) < 4.78 is 8.61. The Morgan fingerprint density at radius 1 is 0.524 bits per heavy atom. The molecule has 42 heavy (non-hydrogen) atoms. The smallest absolute Gasteiger partial charge is 0.135 e. The average molecular weight is 576 g/mol. The molecule has 2 nitrogen and oxygen atoms in total. The lowest BCUT2D eigenvalue weighted by atomic mass is 9.98. The average Bonchev–Trinajstić information content (AvgIpc) is 3.61. The van der Waals surface area contributed by atoms with Crippen molar-refractivity contribution < 1.29 is 4.42 Å². The maximum atomic E-state index is 6.78. The summed E-state index contributed by atoms with van der Waals surface area (Å²) in [6.07, 6.45) is 0. The third-order valence-corrected chi connectivity index (χ3v) is 9.81. The third kappa shape index (κ3) is 3.45. The first-order valence-corrected chi connectivity index (χ1v) is 15.2. The van der Waals surface area contributed by atoms with E-state index in [0.29, 0.717) is 0 Å². The fraction of sp³-hybridized carbons (Fsp3) is 0. The molecule has 9 rings (SSSR count). The quantitative estimate of drug-likeness (QED) is 0.195. The normalized spacial score (nSPS) is 11.9. The van der Waals surface area contributed by atoms with Crippen LogP contribution in [-0.4, -0.2) is 0 Å². The van der Waals surface area contributed by atoms with Crippen molar-refractivity contribution in [2.45, 2.75) is 0 Å². The number of anilines is 3. The van der Waals surface area contributed by atoms with Gasteiger partial charge in [-0.3, -0.25) is 0 Å². The van der Waals surface area contributed by atoms with Gasteiger partial charge in [-0.1, -0.05) is 96.5 Å². The van der Waals surface area contributed by atoms with Crippen LogP contribution in [0.4, 0.5) is 17.1 Å². The first-order chi connectivity index (χ1) is 20.7. The van der Waals surface area contributed by atoms with Crippen LogP contribution in [-0.2, 0) is 0 Å². The lowest BCUT2D eigenvalue weighted by Gasteiger charge is -2.28. The molecule has 0 saturated heterocycles. The molecular formula is C38H22ClNOS. The predicted molar refractivity (Wildman–Crippen MR) is 181 cm³/mol. The third-order valence-electron chi connectivity index (χ3n) is 8.30. The molecule has 2 aromatic heterocycles. The number of para-hydroxylation sites is 1. The number of rotatable bonds is 3. The Bertz CT molecular complexity index is 2510. The fourth-order valence-electron chi connectivity index (χ4n) is 6.45. The van der Waals surface area contributed by atoms with Crippen molar-refractivity contribution in [1.29, 1.82) is 0 Å². The maximum Gasteiger partial charge on any atom is 0.135 e. The molecule has 0 aliphatic heterocycles. The molecule has 0 fully saturated rings. The van der Waals surface area contributed by atoms with Crippen LogP contribution in [0.1, 0.15) is 0 Å². The number of hydrogen-bond acceptors (Lipinski definition) is 3. The largest absolute Gasteiger partial charge is 0.456 e. The number of nitrogens with zero attached hydrogens (tertiary/aromatic N) is 1. The minimum atomic E-state index is 0.782. The molecule has 0 bridgehead atoms. The Kier molecular flexibility index (Phi) is 5.16. The van der Waals surface area contributed by atoms with Crippen molar-refractivity contribution in [3.8, 4) is 0 Å². The Morgan fingerprint density at radius 2 is 1.24 bits per heavy atom. The van der Waals surface area contributed by atoms with Crippen LogP contribution in [0, 0.1) is 0 Å². The van der Waals surface area contributed by atoms with Gasteiger partial charge < -0.3 is 9.32 Å². The van der Waals surface area contributed by atoms with Crippen LogP contribution in [0.3, 0.4) is 0 Å². The summed E-state index contributed by atoms with van der Waals surface area (Å²) >= 11 is 8.57. The van der Waals surface area contributed by atoms with Crippen molar-refractivity contribution in [2.24, 2.45) is 0 Å². The molecular weight excluding hydrogens is 554 g/mol. The maximum absolute atomic E-state index is 6.78. The van der Waals surface area contributed by atoms with Crippen molar-refractivity contribution >= 4 is 104 Å². The molecule has 0 unspecified atom stereocenters. The zero-order chi connectivity index (χ0) is 27.8. The van der Waals surface area contributed by atoms with Crippen LogP contribution in [0.2, 0.25) is 5.02 Å². The molecule has 0 N–H and O–H groups in total. The summed E-state index contributed by atoms with van der Waals surface area (Å²) in [5, 5.41) is 10.2. The molecule has 4 heteroatoms. The Morgan fingerprint density at radius 3 is 2.14 bits per heavy atom. The van der Waals surface area contributed by atoms with Crippen LogP contribution in [0.15, 0.2) is 138 Å². The molecule has 2 heterocycles. The van der Waals surface area contributed by atoms with E-state index in [1.54, 1.807) is 11.3 Å².